The monoisotopic (exact) mass is 274 g/mol. The van der Waals surface area contributed by atoms with Gasteiger partial charge in [0.2, 0.25) is 5.91 Å². The van der Waals surface area contributed by atoms with Crippen LogP contribution in [-0.4, -0.2) is 25.5 Å². The molecule has 0 bridgehead atoms. The van der Waals surface area contributed by atoms with Crippen molar-refractivity contribution < 1.29 is 4.79 Å². The fraction of sp³-hybridized carbons (Fsp3) is 0.667. The van der Waals surface area contributed by atoms with Crippen molar-refractivity contribution in [2.75, 3.05) is 0 Å². The number of alkyl halides is 1. The number of nitrogens with zero attached hydrogens (tertiary/aromatic N) is 3. The molecule has 0 aliphatic carbocycles. The number of rotatable bonds is 4. The van der Waals surface area contributed by atoms with Crippen LogP contribution in [0.4, 0.5) is 0 Å². The van der Waals surface area contributed by atoms with Crippen molar-refractivity contribution in [2.45, 2.75) is 25.2 Å². The van der Waals surface area contributed by atoms with Crippen LogP contribution in [0.1, 0.15) is 19.7 Å². The van der Waals surface area contributed by atoms with Crippen molar-refractivity contribution >= 4 is 21.8 Å². The molecule has 15 heavy (non-hydrogen) atoms. The van der Waals surface area contributed by atoms with E-state index in [0.717, 1.165) is 0 Å². The minimum Gasteiger partial charge on any atom is -0.348 e. The van der Waals surface area contributed by atoms with Gasteiger partial charge in [0.25, 0.3) is 0 Å². The fourth-order valence-electron chi connectivity index (χ4n) is 1.03. The summed E-state index contributed by atoms with van der Waals surface area (Å²) >= 11 is 3.33. The molecule has 0 spiro atoms. The molecular weight excluding hydrogens is 260 g/mol. The van der Waals surface area contributed by atoms with Gasteiger partial charge in [0.05, 0.1) is 11.4 Å². The fourth-order valence-corrected chi connectivity index (χ4v) is 1.19. The van der Waals surface area contributed by atoms with E-state index in [0.29, 0.717) is 12.4 Å². The summed E-state index contributed by atoms with van der Waals surface area (Å²) < 4.78 is 1.61. The van der Waals surface area contributed by atoms with Gasteiger partial charge in [0.15, 0.2) is 5.82 Å². The van der Waals surface area contributed by atoms with Crippen LogP contribution >= 0.6 is 15.9 Å². The van der Waals surface area contributed by atoms with E-state index in [-0.39, 0.29) is 16.7 Å². The van der Waals surface area contributed by atoms with E-state index in [4.69, 9.17) is 0 Å². The van der Waals surface area contributed by atoms with E-state index >= 15 is 0 Å². The highest BCUT2D eigenvalue weighted by Gasteiger charge is 2.18. The standard InChI is InChI=1S/C9H15BrN4O/c1-6(2)8(10)9(15)11-4-7-12-5-14(3)13-7/h5-6,8H,4H2,1-3H3,(H,11,15). The highest BCUT2D eigenvalue weighted by Crippen LogP contribution is 2.11. The van der Waals surface area contributed by atoms with Gasteiger partial charge in [-0.25, -0.2) is 4.98 Å². The van der Waals surface area contributed by atoms with Gasteiger partial charge in [0.1, 0.15) is 6.33 Å². The number of hydrogen-bond acceptors (Lipinski definition) is 3. The Kier molecular flexibility index (Phi) is 4.26. The van der Waals surface area contributed by atoms with Gasteiger partial charge in [-0.3, -0.25) is 9.48 Å². The van der Waals surface area contributed by atoms with Crippen LogP contribution in [0.3, 0.4) is 0 Å². The van der Waals surface area contributed by atoms with E-state index in [1.807, 2.05) is 13.8 Å². The molecule has 0 radical (unpaired) electrons. The summed E-state index contributed by atoms with van der Waals surface area (Å²) in [7, 11) is 1.79. The first-order valence-corrected chi connectivity index (χ1v) is 5.68. The summed E-state index contributed by atoms with van der Waals surface area (Å²) in [6.45, 7) is 4.34. The Balaban J connectivity index is 2.40. The lowest BCUT2D eigenvalue weighted by atomic mass is 10.1. The summed E-state index contributed by atoms with van der Waals surface area (Å²) in [5.41, 5.74) is 0. The lowest BCUT2D eigenvalue weighted by molar-refractivity contribution is -0.121. The number of halogens is 1. The van der Waals surface area contributed by atoms with Gasteiger partial charge in [0, 0.05) is 7.05 Å². The molecule has 1 aromatic heterocycles. The van der Waals surface area contributed by atoms with Crippen LogP contribution in [0.5, 0.6) is 0 Å². The molecular formula is C9H15BrN4O. The minimum absolute atomic E-state index is 0.0301. The number of aromatic nitrogens is 3. The Bertz CT molecular complexity index is 337. The zero-order valence-electron chi connectivity index (χ0n) is 9.07. The summed E-state index contributed by atoms with van der Waals surface area (Å²) in [6.07, 6.45) is 1.61. The second-order valence-electron chi connectivity index (χ2n) is 3.70. The van der Waals surface area contributed by atoms with Gasteiger partial charge in [-0.05, 0) is 5.92 Å². The minimum atomic E-state index is -0.166. The van der Waals surface area contributed by atoms with Gasteiger partial charge in [-0.1, -0.05) is 29.8 Å². The molecule has 1 rings (SSSR count). The first-order valence-electron chi connectivity index (χ1n) is 4.77. The van der Waals surface area contributed by atoms with Gasteiger partial charge in [-0.2, -0.15) is 5.10 Å². The zero-order chi connectivity index (χ0) is 11.4. The van der Waals surface area contributed by atoms with Crippen molar-refractivity contribution in [3.63, 3.8) is 0 Å². The van der Waals surface area contributed by atoms with E-state index in [9.17, 15) is 4.79 Å². The summed E-state index contributed by atoms with van der Waals surface area (Å²) in [4.78, 5) is 15.4. The molecule has 1 heterocycles. The Hall–Kier alpha value is -0.910. The topological polar surface area (TPSA) is 59.8 Å². The van der Waals surface area contributed by atoms with Crippen LogP contribution in [0, 0.1) is 5.92 Å². The molecule has 1 N–H and O–H groups in total. The molecule has 1 atom stereocenters. The zero-order valence-corrected chi connectivity index (χ0v) is 10.7. The molecule has 84 valence electrons. The molecule has 5 nitrogen and oxygen atoms in total. The van der Waals surface area contributed by atoms with E-state index < -0.39 is 0 Å². The van der Waals surface area contributed by atoms with Crippen LogP contribution in [-0.2, 0) is 18.4 Å². The number of carbonyl (C=O) groups excluding carboxylic acids is 1. The van der Waals surface area contributed by atoms with Crippen molar-refractivity contribution in [1.82, 2.24) is 20.1 Å². The van der Waals surface area contributed by atoms with Crippen molar-refractivity contribution in [1.29, 1.82) is 0 Å². The third kappa shape index (κ3) is 3.62. The normalized spacial score (nSPS) is 12.9. The quantitative estimate of drug-likeness (QED) is 0.829. The lowest BCUT2D eigenvalue weighted by Gasteiger charge is -2.12. The lowest BCUT2D eigenvalue weighted by Crippen LogP contribution is -2.33. The molecule has 0 saturated heterocycles. The average molecular weight is 275 g/mol. The molecule has 1 unspecified atom stereocenters. The second kappa shape index (κ2) is 5.25. The molecule has 0 aliphatic heterocycles. The predicted octanol–water partition coefficient (Wildman–Crippen LogP) is 0.851. The van der Waals surface area contributed by atoms with Crippen molar-refractivity contribution in [3.05, 3.63) is 12.2 Å². The number of hydrogen-bond donors (Lipinski definition) is 1. The summed E-state index contributed by atoms with van der Waals surface area (Å²) in [6, 6.07) is 0. The second-order valence-corrected chi connectivity index (χ2v) is 4.68. The summed E-state index contributed by atoms with van der Waals surface area (Å²) in [5, 5.41) is 6.83. The molecule has 0 aromatic carbocycles. The van der Waals surface area contributed by atoms with Crippen LogP contribution in [0.25, 0.3) is 0 Å². The van der Waals surface area contributed by atoms with E-state index in [2.05, 4.69) is 31.3 Å². The third-order valence-electron chi connectivity index (χ3n) is 1.90. The highest BCUT2D eigenvalue weighted by atomic mass is 79.9. The molecule has 0 aliphatic rings. The van der Waals surface area contributed by atoms with Gasteiger partial charge >= 0.3 is 0 Å². The first kappa shape index (κ1) is 12.2. The van der Waals surface area contributed by atoms with Crippen LogP contribution in [0.2, 0.25) is 0 Å². The Morgan fingerprint density at radius 3 is 2.80 bits per heavy atom. The largest absolute Gasteiger partial charge is 0.348 e. The molecule has 0 fully saturated rings. The molecule has 6 heteroatoms. The number of carbonyl (C=O) groups is 1. The number of amides is 1. The van der Waals surface area contributed by atoms with E-state index in [1.165, 1.54) is 0 Å². The average Bonchev–Trinajstić information content (AvgIpc) is 2.59. The highest BCUT2D eigenvalue weighted by molar-refractivity contribution is 9.10. The maximum Gasteiger partial charge on any atom is 0.234 e. The van der Waals surface area contributed by atoms with E-state index in [1.54, 1.807) is 18.1 Å². The Morgan fingerprint density at radius 1 is 1.67 bits per heavy atom. The summed E-state index contributed by atoms with van der Waals surface area (Å²) in [5.74, 6) is 0.855. The maximum absolute atomic E-state index is 11.5. The molecule has 1 aromatic rings. The smallest absolute Gasteiger partial charge is 0.234 e. The third-order valence-corrected chi connectivity index (χ3v) is 3.38. The SMILES string of the molecule is CC(C)C(Br)C(=O)NCc1ncn(C)n1. The number of aryl methyl sites for hydroxylation is 1. The molecule has 0 saturated carbocycles. The van der Waals surface area contributed by atoms with Crippen LogP contribution in [0.15, 0.2) is 6.33 Å². The van der Waals surface area contributed by atoms with Gasteiger partial charge < -0.3 is 5.32 Å². The molecule has 1 amide bonds. The Labute approximate surface area is 97.4 Å². The predicted molar refractivity (Wildman–Crippen MR) is 60.4 cm³/mol. The van der Waals surface area contributed by atoms with Gasteiger partial charge in [-0.15, -0.1) is 0 Å². The van der Waals surface area contributed by atoms with Crippen molar-refractivity contribution in [3.8, 4) is 0 Å². The maximum atomic E-state index is 11.5. The number of nitrogens with one attached hydrogen (secondary N) is 1. The Morgan fingerprint density at radius 2 is 2.33 bits per heavy atom. The van der Waals surface area contributed by atoms with Crippen LogP contribution < -0.4 is 5.32 Å². The van der Waals surface area contributed by atoms with Crippen molar-refractivity contribution in [2.24, 2.45) is 13.0 Å². The first-order chi connectivity index (χ1) is 7.00.